The summed E-state index contributed by atoms with van der Waals surface area (Å²) in [6.45, 7) is 7.79. The lowest BCUT2D eigenvalue weighted by Gasteiger charge is -2.45. The van der Waals surface area contributed by atoms with Gasteiger partial charge in [-0.3, -0.25) is 9.78 Å². The number of nitrogens with one attached hydrogen (secondary N) is 1. The smallest absolute Gasteiger partial charge is 0.222 e. The highest BCUT2D eigenvalue weighted by atomic mass is 16.1. The van der Waals surface area contributed by atoms with Crippen molar-refractivity contribution in [1.82, 2.24) is 29.8 Å². The summed E-state index contributed by atoms with van der Waals surface area (Å²) < 4.78 is 1.76. The summed E-state index contributed by atoms with van der Waals surface area (Å²) in [6.07, 6.45) is 4.32. The predicted octanol–water partition coefficient (Wildman–Crippen LogP) is 2.51. The van der Waals surface area contributed by atoms with E-state index in [0.717, 1.165) is 42.3 Å². The molecule has 4 aromatic rings. The van der Waals surface area contributed by atoms with Crippen LogP contribution in [0.4, 0.5) is 11.6 Å². The minimum absolute atomic E-state index is 0.0505. The summed E-state index contributed by atoms with van der Waals surface area (Å²) in [4.78, 5) is 22.9. The third-order valence-corrected chi connectivity index (χ3v) is 6.75. The Balaban J connectivity index is 1.47. The molecular formula is C26H28N10O. The number of anilines is 2. The summed E-state index contributed by atoms with van der Waals surface area (Å²) in [5.41, 5.74) is 9.66. The van der Waals surface area contributed by atoms with Crippen LogP contribution in [0.25, 0.3) is 16.9 Å². The molecule has 188 valence electrons. The number of nitrogens with zero attached hydrogens (tertiary/aromatic N) is 8. The van der Waals surface area contributed by atoms with Gasteiger partial charge in [-0.2, -0.15) is 14.9 Å². The van der Waals surface area contributed by atoms with Crippen LogP contribution < -0.4 is 16.0 Å². The van der Waals surface area contributed by atoms with Crippen molar-refractivity contribution < 1.29 is 4.79 Å². The van der Waals surface area contributed by atoms with Gasteiger partial charge in [0.15, 0.2) is 17.2 Å². The van der Waals surface area contributed by atoms with E-state index in [9.17, 15) is 4.79 Å². The minimum Gasteiger partial charge on any atom is -0.369 e. The molecule has 0 unspecified atom stereocenters. The van der Waals surface area contributed by atoms with Crippen LogP contribution in [0, 0.1) is 23.7 Å². The number of rotatable bonds is 6. The number of carbonyl (C=O) groups excluding carboxylic acids is 1. The van der Waals surface area contributed by atoms with Gasteiger partial charge < -0.3 is 16.0 Å². The molecule has 1 amide bonds. The Kier molecular flexibility index (Phi) is 6.17. The number of nitriles is 1. The number of hydrogen-bond donors (Lipinski definition) is 2. The maximum atomic E-state index is 11.9. The highest BCUT2D eigenvalue weighted by Gasteiger charge is 2.37. The molecule has 11 heteroatoms. The average Bonchev–Trinajstić information content (AvgIpc) is 3.31. The van der Waals surface area contributed by atoms with Crippen LogP contribution in [0.15, 0.2) is 42.7 Å². The second-order valence-corrected chi connectivity index (χ2v) is 10.0. The number of fused-ring (bicyclic) bond motifs is 1. The zero-order valence-electron chi connectivity index (χ0n) is 21.0. The molecule has 1 saturated heterocycles. The number of pyridine rings is 1. The second kappa shape index (κ2) is 9.46. The summed E-state index contributed by atoms with van der Waals surface area (Å²) in [7, 11) is 0. The maximum Gasteiger partial charge on any atom is 0.222 e. The van der Waals surface area contributed by atoms with E-state index in [2.05, 4.69) is 44.2 Å². The van der Waals surface area contributed by atoms with Crippen molar-refractivity contribution in [1.29, 1.82) is 5.26 Å². The number of primary amides is 1. The van der Waals surface area contributed by atoms with Crippen LogP contribution in [0.3, 0.4) is 0 Å². The van der Waals surface area contributed by atoms with Gasteiger partial charge in [0.2, 0.25) is 5.91 Å². The molecule has 0 bridgehead atoms. The number of carbonyl (C=O) groups is 1. The molecule has 5 rings (SSSR count). The Labute approximate surface area is 214 Å². The zero-order chi connectivity index (χ0) is 26.2. The first kappa shape index (κ1) is 24.1. The van der Waals surface area contributed by atoms with Crippen LogP contribution in [0.2, 0.25) is 0 Å². The SMILES string of the molecule is Cc1cc(-c2cc3ncc(CC(N)=O)c(N[C@@H]4CCN(c5ccc(C#N)nn5)CC4(C)C)n3n2)ccn1. The fraction of sp³-hybridized carbons (Fsp3) is 0.346. The Hall–Kier alpha value is -4.59. The van der Waals surface area contributed by atoms with Crippen LogP contribution in [-0.2, 0) is 11.2 Å². The van der Waals surface area contributed by atoms with Gasteiger partial charge >= 0.3 is 0 Å². The van der Waals surface area contributed by atoms with E-state index in [0.29, 0.717) is 22.7 Å². The van der Waals surface area contributed by atoms with Gasteiger partial charge in [-0.05, 0) is 37.6 Å². The molecule has 0 aromatic carbocycles. The Morgan fingerprint density at radius 1 is 1.24 bits per heavy atom. The van der Waals surface area contributed by atoms with E-state index in [4.69, 9.17) is 16.1 Å². The summed E-state index contributed by atoms with van der Waals surface area (Å²) in [6, 6.07) is 11.4. The van der Waals surface area contributed by atoms with Crippen molar-refractivity contribution in [2.24, 2.45) is 11.1 Å². The molecule has 3 N–H and O–H groups in total. The Morgan fingerprint density at radius 2 is 2.08 bits per heavy atom. The highest BCUT2D eigenvalue weighted by molar-refractivity contribution is 5.78. The number of hydrogen-bond acceptors (Lipinski definition) is 9. The summed E-state index contributed by atoms with van der Waals surface area (Å²) in [5, 5.41) is 25.7. The normalized spacial score (nSPS) is 16.9. The molecule has 4 aromatic heterocycles. The van der Waals surface area contributed by atoms with E-state index >= 15 is 0 Å². The highest BCUT2D eigenvalue weighted by Crippen LogP contribution is 2.34. The van der Waals surface area contributed by atoms with E-state index in [1.807, 2.05) is 37.3 Å². The lowest BCUT2D eigenvalue weighted by molar-refractivity contribution is -0.117. The maximum absolute atomic E-state index is 11.9. The van der Waals surface area contributed by atoms with Gasteiger partial charge in [0.25, 0.3) is 0 Å². The number of amides is 1. The topological polar surface area (TPSA) is 151 Å². The van der Waals surface area contributed by atoms with Crippen molar-refractivity contribution in [3.8, 4) is 17.3 Å². The molecule has 0 spiro atoms. The van der Waals surface area contributed by atoms with Crippen molar-refractivity contribution in [2.75, 3.05) is 23.3 Å². The molecule has 5 heterocycles. The summed E-state index contributed by atoms with van der Waals surface area (Å²) >= 11 is 0. The fourth-order valence-corrected chi connectivity index (χ4v) is 4.82. The van der Waals surface area contributed by atoms with Crippen molar-refractivity contribution in [3.63, 3.8) is 0 Å². The average molecular weight is 497 g/mol. The number of aromatic nitrogens is 6. The molecule has 11 nitrogen and oxygen atoms in total. The quantitative estimate of drug-likeness (QED) is 0.410. The molecule has 0 radical (unpaired) electrons. The number of piperidine rings is 1. The molecule has 1 aliphatic heterocycles. The van der Waals surface area contributed by atoms with Gasteiger partial charge in [-0.25, -0.2) is 4.98 Å². The van der Waals surface area contributed by atoms with E-state index < -0.39 is 5.91 Å². The monoisotopic (exact) mass is 496 g/mol. The molecule has 0 saturated carbocycles. The third kappa shape index (κ3) is 4.91. The van der Waals surface area contributed by atoms with Gasteiger partial charge in [-0.1, -0.05) is 13.8 Å². The summed E-state index contributed by atoms with van der Waals surface area (Å²) in [5.74, 6) is 1.02. The van der Waals surface area contributed by atoms with Crippen LogP contribution in [0.1, 0.15) is 37.2 Å². The first-order valence-corrected chi connectivity index (χ1v) is 12.1. The molecule has 37 heavy (non-hydrogen) atoms. The standard InChI is InChI=1S/C26H28N10O/c1-16-10-17(6-8-29-16)20-12-24-30-14-18(11-22(28)37)25(36(24)34-20)31-21-7-9-35(15-26(21,2)3)23-5-4-19(13-27)32-33-23/h4-6,8,10,12,14,21,31H,7,9,11,15H2,1-3H3,(H2,28,37)/t21-/m1/s1. The van der Waals surface area contributed by atoms with Crippen molar-refractivity contribution in [2.45, 2.75) is 39.7 Å². The van der Waals surface area contributed by atoms with E-state index in [1.54, 1.807) is 23.0 Å². The molecule has 1 fully saturated rings. The predicted molar refractivity (Wildman–Crippen MR) is 139 cm³/mol. The zero-order valence-corrected chi connectivity index (χ0v) is 21.0. The lowest BCUT2D eigenvalue weighted by atomic mass is 9.79. The van der Waals surface area contributed by atoms with Crippen molar-refractivity contribution >= 4 is 23.2 Å². The van der Waals surface area contributed by atoms with Crippen LogP contribution >= 0.6 is 0 Å². The largest absolute Gasteiger partial charge is 0.369 e. The number of aryl methyl sites for hydroxylation is 1. The van der Waals surface area contributed by atoms with Gasteiger partial charge in [-0.15, -0.1) is 10.2 Å². The van der Waals surface area contributed by atoms with E-state index in [1.165, 1.54) is 0 Å². The third-order valence-electron chi connectivity index (χ3n) is 6.75. The number of nitrogens with two attached hydrogens (primary N) is 1. The molecular weight excluding hydrogens is 468 g/mol. The van der Waals surface area contributed by atoms with Crippen molar-refractivity contribution in [3.05, 3.63) is 59.7 Å². The van der Waals surface area contributed by atoms with Crippen LogP contribution in [0.5, 0.6) is 0 Å². The van der Waals surface area contributed by atoms with E-state index in [-0.39, 0.29) is 17.9 Å². The lowest BCUT2D eigenvalue weighted by Crippen LogP contribution is -2.52. The Morgan fingerprint density at radius 3 is 2.76 bits per heavy atom. The first-order valence-electron chi connectivity index (χ1n) is 12.1. The van der Waals surface area contributed by atoms with Crippen LogP contribution in [-0.4, -0.2) is 54.8 Å². The van der Waals surface area contributed by atoms with Gasteiger partial charge in [0, 0.05) is 59.8 Å². The second-order valence-electron chi connectivity index (χ2n) is 10.0. The first-order chi connectivity index (χ1) is 17.7. The van der Waals surface area contributed by atoms with Gasteiger partial charge in [0.1, 0.15) is 11.9 Å². The minimum atomic E-state index is -0.435. The van der Waals surface area contributed by atoms with Gasteiger partial charge in [0.05, 0.1) is 12.1 Å². The molecule has 0 aliphatic carbocycles. The fourth-order valence-electron chi connectivity index (χ4n) is 4.82. The molecule has 1 aliphatic rings. The molecule has 1 atom stereocenters. The Bertz CT molecular complexity index is 1500.